The molecule has 2 rings (SSSR count). The van der Waals surface area contributed by atoms with Crippen LogP contribution in [0.5, 0.6) is 0 Å². The van der Waals surface area contributed by atoms with Crippen molar-refractivity contribution in [3.05, 3.63) is 58.6 Å². The molecule has 1 amide bonds. The Kier molecular flexibility index (Phi) is 4.15. The van der Waals surface area contributed by atoms with Crippen molar-refractivity contribution in [3.63, 3.8) is 0 Å². The molecule has 5 heteroatoms. The molecule has 0 fully saturated rings. The van der Waals surface area contributed by atoms with E-state index in [4.69, 9.17) is 23.1 Å². The van der Waals surface area contributed by atoms with Gasteiger partial charge in [-0.15, -0.1) is 0 Å². The lowest BCUT2D eigenvalue weighted by atomic mass is 10.1. The largest absolute Gasteiger partial charge is 0.398 e. The fourth-order valence-electron chi connectivity index (χ4n) is 2.01. The Hall–Kier alpha value is -2.20. The number of nitrogen functional groups attached to an aromatic ring is 1. The molecule has 5 N–H and O–H groups in total. The molecule has 4 nitrogen and oxygen atoms in total. The summed E-state index contributed by atoms with van der Waals surface area (Å²) in [6.07, 6.45) is 0. The molecule has 0 aliphatic carbocycles. The van der Waals surface area contributed by atoms with Crippen molar-refractivity contribution in [1.29, 1.82) is 0 Å². The Morgan fingerprint density at radius 3 is 2.60 bits per heavy atom. The van der Waals surface area contributed by atoms with E-state index in [1.165, 1.54) is 0 Å². The molecule has 2 aromatic carbocycles. The molecule has 0 spiro atoms. The number of nitrogens with one attached hydrogen (secondary N) is 1. The number of rotatable bonds is 4. The Morgan fingerprint density at radius 1 is 1.25 bits per heavy atom. The molecule has 0 aliphatic heterocycles. The van der Waals surface area contributed by atoms with Gasteiger partial charge in [0.1, 0.15) is 0 Å². The topological polar surface area (TPSA) is 81.1 Å². The molecular formula is C15H16ClN3O. The van der Waals surface area contributed by atoms with Gasteiger partial charge in [0.2, 0.25) is 0 Å². The number of halogens is 1. The van der Waals surface area contributed by atoms with Crippen molar-refractivity contribution < 1.29 is 4.79 Å². The highest BCUT2D eigenvalue weighted by Gasteiger charge is 2.11. The van der Waals surface area contributed by atoms with Gasteiger partial charge in [0.25, 0.3) is 5.91 Å². The number of carbonyl (C=O) groups is 1. The highest BCUT2D eigenvalue weighted by atomic mass is 35.5. The van der Waals surface area contributed by atoms with Gasteiger partial charge < -0.3 is 16.8 Å². The Morgan fingerprint density at radius 2 is 1.95 bits per heavy atom. The van der Waals surface area contributed by atoms with E-state index < -0.39 is 5.91 Å². The lowest BCUT2D eigenvalue weighted by molar-refractivity contribution is 0.100. The summed E-state index contributed by atoms with van der Waals surface area (Å²) in [5.41, 5.74) is 13.4. The van der Waals surface area contributed by atoms with Gasteiger partial charge in [-0.2, -0.15) is 0 Å². The first kappa shape index (κ1) is 14.2. The van der Waals surface area contributed by atoms with Gasteiger partial charge in [-0.25, -0.2) is 0 Å². The van der Waals surface area contributed by atoms with Gasteiger partial charge in [-0.05, 0) is 36.8 Å². The molecular weight excluding hydrogens is 274 g/mol. The minimum Gasteiger partial charge on any atom is -0.398 e. The van der Waals surface area contributed by atoms with E-state index in [2.05, 4.69) is 5.32 Å². The second-order valence-electron chi connectivity index (χ2n) is 4.55. The molecule has 20 heavy (non-hydrogen) atoms. The second-order valence-corrected chi connectivity index (χ2v) is 4.96. The van der Waals surface area contributed by atoms with Crippen LogP contribution in [0.3, 0.4) is 0 Å². The van der Waals surface area contributed by atoms with E-state index in [0.29, 0.717) is 16.3 Å². The first-order valence-corrected chi connectivity index (χ1v) is 6.57. The number of nitrogens with two attached hydrogens (primary N) is 2. The van der Waals surface area contributed by atoms with Crippen molar-refractivity contribution in [3.8, 4) is 0 Å². The van der Waals surface area contributed by atoms with Crippen molar-refractivity contribution >= 4 is 28.9 Å². The lowest BCUT2D eigenvalue weighted by Gasteiger charge is -2.17. The first-order valence-electron chi connectivity index (χ1n) is 6.19. The van der Waals surface area contributed by atoms with E-state index in [0.717, 1.165) is 11.3 Å². The lowest BCUT2D eigenvalue weighted by Crippen LogP contribution is -2.14. The molecule has 0 saturated heterocycles. The zero-order valence-corrected chi connectivity index (χ0v) is 11.8. The maximum atomic E-state index is 11.3. The molecule has 2 aromatic rings. The predicted octanol–water partition coefficient (Wildman–Crippen LogP) is 3.19. The molecule has 0 aliphatic rings. The summed E-state index contributed by atoms with van der Waals surface area (Å²) >= 11 is 6.16. The number of anilines is 2. The zero-order chi connectivity index (χ0) is 14.7. The summed E-state index contributed by atoms with van der Waals surface area (Å²) in [6.45, 7) is 1.99. The third kappa shape index (κ3) is 3.03. The van der Waals surface area contributed by atoms with E-state index in [1.54, 1.807) is 18.2 Å². The standard InChI is InChI=1S/C15H16ClN3O/c1-9(11-4-2-3-5-13(11)16)19-10-6-7-14(17)12(8-10)15(18)20/h2-9,19H,17H2,1H3,(H2,18,20). The molecule has 0 bridgehead atoms. The van der Waals surface area contributed by atoms with E-state index in [1.807, 2.05) is 31.2 Å². The predicted molar refractivity (Wildman–Crippen MR) is 82.9 cm³/mol. The van der Waals surface area contributed by atoms with Crippen LogP contribution < -0.4 is 16.8 Å². The van der Waals surface area contributed by atoms with Crippen LogP contribution in [-0.4, -0.2) is 5.91 Å². The van der Waals surface area contributed by atoms with Crippen molar-refractivity contribution in [1.82, 2.24) is 0 Å². The molecule has 1 unspecified atom stereocenters. The van der Waals surface area contributed by atoms with Gasteiger partial charge in [-0.1, -0.05) is 29.8 Å². The first-order chi connectivity index (χ1) is 9.49. The molecule has 0 heterocycles. The third-order valence-electron chi connectivity index (χ3n) is 3.07. The fourth-order valence-corrected chi connectivity index (χ4v) is 2.31. The molecule has 104 valence electrons. The van der Waals surface area contributed by atoms with Gasteiger partial charge in [0.15, 0.2) is 0 Å². The van der Waals surface area contributed by atoms with Gasteiger partial charge >= 0.3 is 0 Å². The van der Waals surface area contributed by atoms with Crippen LogP contribution in [0, 0.1) is 0 Å². The van der Waals surface area contributed by atoms with Gasteiger partial charge in [-0.3, -0.25) is 4.79 Å². The third-order valence-corrected chi connectivity index (χ3v) is 3.42. The van der Waals surface area contributed by atoms with E-state index in [-0.39, 0.29) is 6.04 Å². The number of carbonyl (C=O) groups excluding carboxylic acids is 1. The normalized spacial score (nSPS) is 11.9. The number of hydrogen-bond acceptors (Lipinski definition) is 3. The van der Waals surface area contributed by atoms with E-state index >= 15 is 0 Å². The Balaban J connectivity index is 2.24. The second kappa shape index (κ2) is 5.84. The number of hydrogen-bond donors (Lipinski definition) is 3. The van der Waals surface area contributed by atoms with Crippen LogP contribution in [0.2, 0.25) is 5.02 Å². The van der Waals surface area contributed by atoms with Crippen molar-refractivity contribution in [2.75, 3.05) is 11.1 Å². The highest BCUT2D eigenvalue weighted by Crippen LogP contribution is 2.26. The molecule has 1 atom stereocenters. The molecule has 0 aromatic heterocycles. The number of amides is 1. The quantitative estimate of drug-likeness (QED) is 0.756. The van der Waals surface area contributed by atoms with Crippen LogP contribution in [0.1, 0.15) is 28.9 Å². The van der Waals surface area contributed by atoms with Crippen LogP contribution in [0.4, 0.5) is 11.4 Å². The SMILES string of the molecule is CC(Nc1ccc(N)c(C(N)=O)c1)c1ccccc1Cl. The van der Waals surface area contributed by atoms with Gasteiger partial charge in [0, 0.05) is 22.4 Å². The summed E-state index contributed by atoms with van der Waals surface area (Å²) in [6, 6.07) is 12.7. The Labute approximate surface area is 122 Å². The summed E-state index contributed by atoms with van der Waals surface area (Å²) in [5.74, 6) is -0.545. The fraction of sp³-hybridized carbons (Fsp3) is 0.133. The van der Waals surface area contributed by atoms with Crippen LogP contribution >= 0.6 is 11.6 Å². The Bertz CT molecular complexity index is 643. The van der Waals surface area contributed by atoms with Crippen molar-refractivity contribution in [2.24, 2.45) is 5.73 Å². The number of primary amides is 1. The zero-order valence-electron chi connectivity index (χ0n) is 11.1. The summed E-state index contributed by atoms with van der Waals surface area (Å²) in [5, 5.41) is 3.97. The minimum absolute atomic E-state index is 0.00643. The highest BCUT2D eigenvalue weighted by molar-refractivity contribution is 6.31. The van der Waals surface area contributed by atoms with Crippen LogP contribution in [-0.2, 0) is 0 Å². The molecule has 0 radical (unpaired) electrons. The van der Waals surface area contributed by atoms with Crippen molar-refractivity contribution in [2.45, 2.75) is 13.0 Å². The number of benzene rings is 2. The van der Waals surface area contributed by atoms with Crippen LogP contribution in [0.15, 0.2) is 42.5 Å². The van der Waals surface area contributed by atoms with E-state index in [9.17, 15) is 4.79 Å². The van der Waals surface area contributed by atoms with Gasteiger partial charge in [0.05, 0.1) is 5.56 Å². The molecule has 0 saturated carbocycles. The minimum atomic E-state index is -0.545. The monoisotopic (exact) mass is 289 g/mol. The summed E-state index contributed by atoms with van der Waals surface area (Å²) in [4.78, 5) is 11.3. The summed E-state index contributed by atoms with van der Waals surface area (Å²) in [7, 11) is 0. The smallest absolute Gasteiger partial charge is 0.250 e. The maximum Gasteiger partial charge on any atom is 0.250 e. The summed E-state index contributed by atoms with van der Waals surface area (Å²) < 4.78 is 0. The average Bonchev–Trinajstić information content (AvgIpc) is 2.41. The van der Waals surface area contributed by atoms with Crippen LogP contribution in [0.25, 0.3) is 0 Å². The maximum absolute atomic E-state index is 11.3. The average molecular weight is 290 g/mol.